The molecule has 0 aliphatic rings. The second kappa shape index (κ2) is 72.7. The van der Waals surface area contributed by atoms with Crippen molar-refractivity contribution in [1.82, 2.24) is 0 Å². The molecule has 78 valence electrons. The van der Waals surface area contributed by atoms with Crippen LogP contribution in [0.5, 0.6) is 0 Å². The van der Waals surface area contributed by atoms with E-state index in [-0.39, 0.29) is 167 Å². The normalized spacial score (nSPS) is 0. The van der Waals surface area contributed by atoms with Gasteiger partial charge in [0.15, 0.2) is 0 Å². The Labute approximate surface area is 164 Å². The molecule has 0 N–H and O–H groups in total. The van der Waals surface area contributed by atoms with Gasteiger partial charge in [-0.1, -0.05) is 0 Å². The molecule has 0 aliphatic heterocycles. The molecule has 0 aromatic heterocycles. The smallest absolute Gasteiger partial charge is 0 e. The van der Waals surface area contributed by atoms with Crippen LogP contribution >= 0.6 is 0 Å². The van der Waals surface area contributed by atoms with Crippen LogP contribution in [0.3, 0.4) is 0 Å². The van der Waals surface area contributed by atoms with Crippen molar-refractivity contribution in [3.05, 3.63) is 0 Å². The zero-order valence-corrected chi connectivity index (χ0v) is 17.3. The first-order chi connectivity index (χ1) is 0. The van der Waals surface area contributed by atoms with Crippen molar-refractivity contribution in [3.8, 4) is 0 Å². The van der Waals surface area contributed by atoms with E-state index in [9.17, 15) is 0 Å². The third kappa shape index (κ3) is 61.3. The molecule has 0 bridgehead atoms. The summed E-state index contributed by atoms with van der Waals surface area (Å²) in [5, 5.41) is 0. The minimum absolute atomic E-state index is 0. The molecule has 0 aromatic rings. The van der Waals surface area contributed by atoms with Crippen LogP contribution in [0.15, 0.2) is 0 Å². The quantitative estimate of drug-likeness (QED) is 0.305. The Morgan fingerprint density at radius 3 is 0.222 bits per heavy atom. The van der Waals surface area contributed by atoms with E-state index < -0.39 is 0 Å². The molecule has 0 aliphatic carbocycles. The summed E-state index contributed by atoms with van der Waals surface area (Å²) in [6.07, 6.45) is 0. The molecule has 0 saturated heterocycles. The molecule has 0 heterocycles. The Kier molecular flexibility index (Phi) is 740. The molecule has 0 fully saturated rings. The van der Waals surface area contributed by atoms with Crippen molar-refractivity contribution in [2.45, 2.75) is 0 Å². The van der Waals surface area contributed by atoms with Crippen LogP contribution in [0.2, 0.25) is 0 Å². The van der Waals surface area contributed by atoms with Crippen molar-refractivity contribution < 1.29 is 167 Å². The zero-order chi connectivity index (χ0) is 0. The Bertz CT molecular complexity index is 6.88. The third-order valence-corrected chi connectivity index (χ3v) is 0. The zero-order valence-electron chi connectivity index (χ0n) is 3.21. The maximum Gasteiger partial charge on any atom is 0 e. The molecule has 0 aromatic carbocycles. The molecular formula is Hf2Ni7. The van der Waals surface area contributed by atoms with Crippen molar-refractivity contribution in [2.75, 3.05) is 0 Å². The van der Waals surface area contributed by atoms with Crippen LogP contribution < -0.4 is 0 Å². The molecule has 0 rings (SSSR count). The molecule has 9 heteroatoms. The van der Waals surface area contributed by atoms with Gasteiger partial charge in [-0.25, -0.2) is 0 Å². The van der Waals surface area contributed by atoms with Crippen molar-refractivity contribution >= 4 is 0 Å². The van der Waals surface area contributed by atoms with Gasteiger partial charge in [0.25, 0.3) is 0 Å². The average molecular weight is 768 g/mol. The van der Waals surface area contributed by atoms with E-state index in [0.717, 1.165) is 0 Å². The summed E-state index contributed by atoms with van der Waals surface area (Å²) in [7, 11) is 0. The van der Waals surface area contributed by atoms with Crippen molar-refractivity contribution in [1.29, 1.82) is 0 Å². The molecule has 0 nitrogen and oxygen atoms in total. The van der Waals surface area contributed by atoms with Crippen LogP contribution in [0, 0.1) is 0 Å². The van der Waals surface area contributed by atoms with Gasteiger partial charge in [0.05, 0.1) is 0 Å². The van der Waals surface area contributed by atoms with Crippen LogP contribution in [0.25, 0.3) is 0 Å². The van der Waals surface area contributed by atoms with E-state index in [2.05, 4.69) is 0 Å². The van der Waals surface area contributed by atoms with Gasteiger partial charge < -0.3 is 0 Å². The maximum atomic E-state index is 0. The summed E-state index contributed by atoms with van der Waals surface area (Å²) in [6.45, 7) is 0. The SMILES string of the molecule is [Hf].[Hf].[Ni].[Ni].[Ni].[Ni].[Ni].[Ni].[Ni]. The van der Waals surface area contributed by atoms with Crippen molar-refractivity contribution in [3.63, 3.8) is 0 Å². The first-order valence-electron chi connectivity index (χ1n) is 0. The number of hydrogen-bond acceptors (Lipinski definition) is 0. The largest absolute Gasteiger partial charge is 0 e. The molecular weight excluding hydrogens is 768 g/mol. The third-order valence-electron chi connectivity index (χ3n) is 0. The van der Waals surface area contributed by atoms with Crippen LogP contribution in [-0.2, 0) is 167 Å². The average Bonchev–Trinajstić information content (AvgIpc) is 0. The summed E-state index contributed by atoms with van der Waals surface area (Å²) in [5.74, 6) is 0. The van der Waals surface area contributed by atoms with E-state index in [1.165, 1.54) is 0 Å². The van der Waals surface area contributed by atoms with Gasteiger partial charge in [-0.3, -0.25) is 0 Å². The molecule has 0 unspecified atom stereocenters. The summed E-state index contributed by atoms with van der Waals surface area (Å²) >= 11 is 0. The predicted molar refractivity (Wildman–Crippen MR) is 0 cm³/mol. The monoisotopic (exact) mass is 765 g/mol. The fraction of sp³-hybridized carbons (Fsp3) is 0. The summed E-state index contributed by atoms with van der Waals surface area (Å²) < 4.78 is 0. The number of hydrogen-bond donors (Lipinski definition) is 0. The van der Waals surface area contributed by atoms with E-state index in [0.29, 0.717) is 0 Å². The Hall–Kier alpha value is 5.19. The predicted octanol–water partition coefficient (Wildman–Crippen LogP) is -0.0225. The second-order valence-corrected chi connectivity index (χ2v) is 0. The van der Waals surface area contributed by atoms with Gasteiger partial charge in [0, 0.05) is 167 Å². The number of rotatable bonds is 0. The Morgan fingerprint density at radius 2 is 0.222 bits per heavy atom. The fourth-order valence-corrected chi connectivity index (χ4v) is 0. The molecule has 0 saturated carbocycles. The van der Waals surface area contributed by atoms with Crippen LogP contribution in [0.1, 0.15) is 0 Å². The molecule has 0 radical (unpaired) electrons. The minimum Gasteiger partial charge on any atom is 0 e. The summed E-state index contributed by atoms with van der Waals surface area (Å²) in [4.78, 5) is 0. The van der Waals surface area contributed by atoms with Crippen LogP contribution in [0.4, 0.5) is 0 Å². The maximum absolute atomic E-state index is 0. The molecule has 9 heavy (non-hydrogen) atoms. The first kappa shape index (κ1) is 91.6. The van der Waals surface area contributed by atoms with E-state index >= 15 is 0 Å². The van der Waals surface area contributed by atoms with E-state index in [4.69, 9.17) is 0 Å². The fourth-order valence-electron chi connectivity index (χ4n) is 0. The van der Waals surface area contributed by atoms with Gasteiger partial charge in [0.1, 0.15) is 0 Å². The van der Waals surface area contributed by atoms with Gasteiger partial charge in [-0.2, -0.15) is 0 Å². The van der Waals surface area contributed by atoms with Gasteiger partial charge in [-0.15, -0.1) is 0 Å². The second-order valence-electron chi connectivity index (χ2n) is 0. The van der Waals surface area contributed by atoms with Gasteiger partial charge in [-0.05, 0) is 0 Å². The summed E-state index contributed by atoms with van der Waals surface area (Å²) in [6, 6.07) is 0. The topological polar surface area (TPSA) is 0 Å². The molecule has 0 amide bonds. The molecule has 0 atom stereocenters. The van der Waals surface area contributed by atoms with Crippen molar-refractivity contribution in [2.24, 2.45) is 0 Å². The Balaban J connectivity index is 0. The standard InChI is InChI=1S/2Hf.7Ni. The van der Waals surface area contributed by atoms with Crippen LogP contribution in [-0.4, -0.2) is 0 Å². The van der Waals surface area contributed by atoms with Gasteiger partial charge in [0.2, 0.25) is 0 Å². The minimum atomic E-state index is 0. The first-order valence-corrected chi connectivity index (χ1v) is 0. The summed E-state index contributed by atoms with van der Waals surface area (Å²) in [5.41, 5.74) is 0. The Morgan fingerprint density at radius 1 is 0.222 bits per heavy atom. The molecule has 0 spiro atoms. The van der Waals surface area contributed by atoms with E-state index in [1.807, 2.05) is 0 Å². The van der Waals surface area contributed by atoms with E-state index in [1.54, 1.807) is 0 Å². The van der Waals surface area contributed by atoms with Gasteiger partial charge >= 0.3 is 0 Å².